The van der Waals surface area contributed by atoms with Crippen LogP contribution >= 0.6 is 22.9 Å². The number of H-pyrrole nitrogens is 1. The van der Waals surface area contributed by atoms with Gasteiger partial charge in [0.05, 0.1) is 10.6 Å². The van der Waals surface area contributed by atoms with Crippen LogP contribution in [0.3, 0.4) is 0 Å². The van der Waals surface area contributed by atoms with Crippen molar-refractivity contribution >= 4 is 48.9 Å². The third kappa shape index (κ3) is 3.81. The highest BCUT2D eigenvalue weighted by Crippen LogP contribution is 2.41. The zero-order chi connectivity index (χ0) is 20.8. The van der Waals surface area contributed by atoms with E-state index in [2.05, 4.69) is 9.71 Å². The first kappa shape index (κ1) is 19.7. The van der Waals surface area contributed by atoms with E-state index in [0.717, 1.165) is 21.6 Å². The number of aromatic amines is 1. The van der Waals surface area contributed by atoms with Crippen molar-refractivity contribution in [1.29, 1.82) is 0 Å². The molecule has 148 valence electrons. The van der Waals surface area contributed by atoms with Crippen LogP contribution in [-0.4, -0.2) is 13.4 Å². The zero-order valence-corrected chi connectivity index (χ0v) is 18.0. The van der Waals surface area contributed by atoms with Crippen LogP contribution in [0.5, 0.6) is 0 Å². The van der Waals surface area contributed by atoms with Gasteiger partial charge >= 0.3 is 0 Å². The molecule has 8 heteroatoms. The van der Waals surface area contributed by atoms with Crippen LogP contribution in [0.25, 0.3) is 21.3 Å². The number of hydrogen-bond donors (Lipinski definition) is 2. The Hall–Kier alpha value is -2.61. The highest BCUT2D eigenvalue weighted by Gasteiger charge is 2.21. The maximum absolute atomic E-state index is 12.9. The van der Waals surface area contributed by atoms with Crippen LogP contribution in [-0.2, 0) is 10.0 Å². The number of halogens is 1. The van der Waals surface area contributed by atoms with Crippen molar-refractivity contribution in [2.45, 2.75) is 18.7 Å². The monoisotopic (exact) mass is 444 g/mol. The van der Waals surface area contributed by atoms with Crippen LogP contribution in [0.4, 0.5) is 5.69 Å². The SMILES string of the molecule is Cc1cccc(-c2c(C)sc3[nH]c(=O)cc(NS(=O)(=O)c4cccc(Cl)c4)c23)c1. The maximum atomic E-state index is 12.9. The molecule has 0 aliphatic heterocycles. The van der Waals surface area contributed by atoms with E-state index in [-0.39, 0.29) is 16.1 Å². The number of thiophene rings is 1. The molecule has 0 saturated heterocycles. The molecular weight excluding hydrogens is 428 g/mol. The van der Waals surface area contributed by atoms with Crippen molar-refractivity contribution in [3.8, 4) is 11.1 Å². The molecular formula is C21H17ClN2O3S2. The molecule has 0 fully saturated rings. The van der Waals surface area contributed by atoms with Gasteiger partial charge in [-0.3, -0.25) is 9.52 Å². The minimum absolute atomic E-state index is 0.0301. The molecule has 4 aromatic rings. The van der Waals surface area contributed by atoms with Gasteiger partial charge in [-0.2, -0.15) is 0 Å². The largest absolute Gasteiger partial charge is 0.313 e. The van der Waals surface area contributed by atoms with E-state index in [1.54, 1.807) is 12.1 Å². The Kier molecular flexibility index (Phi) is 4.98. The number of benzene rings is 2. The summed E-state index contributed by atoms with van der Waals surface area (Å²) in [7, 11) is -3.92. The molecule has 0 radical (unpaired) electrons. The summed E-state index contributed by atoms with van der Waals surface area (Å²) >= 11 is 7.37. The third-order valence-electron chi connectivity index (χ3n) is 4.52. The summed E-state index contributed by atoms with van der Waals surface area (Å²) in [5.41, 5.74) is 2.81. The normalized spacial score (nSPS) is 11.7. The lowest BCUT2D eigenvalue weighted by Gasteiger charge is -2.11. The first-order chi connectivity index (χ1) is 13.7. The molecule has 0 spiro atoms. The Morgan fingerprint density at radius 3 is 2.52 bits per heavy atom. The Morgan fingerprint density at radius 2 is 1.79 bits per heavy atom. The summed E-state index contributed by atoms with van der Waals surface area (Å²) in [4.78, 5) is 16.6. The van der Waals surface area contributed by atoms with Crippen LogP contribution in [0, 0.1) is 13.8 Å². The highest BCUT2D eigenvalue weighted by atomic mass is 35.5. The van der Waals surface area contributed by atoms with Crippen LogP contribution < -0.4 is 10.3 Å². The average Bonchev–Trinajstić information content (AvgIpc) is 2.97. The zero-order valence-electron chi connectivity index (χ0n) is 15.6. The molecule has 0 bridgehead atoms. The fraction of sp³-hybridized carbons (Fsp3) is 0.0952. The van der Waals surface area contributed by atoms with E-state index in [0.29, 0.717) is 15.2 Å². The van der Waals surface area contributed by atoms with E-state index in [9.17, 15) is 13.2 Å². The first-order valence-electron chi connectivity index (χ1n) is 8.76. The number of fused-ring (bicyclic) bond motifs is 1. The third-order valence-corrected chi connectivity index (χ3v) is 7.14. The number of rotatable bonds is 4. The summed E-state index contributed by atoms with van der Waals surface area (Å²) in [6, 6.07) is 15.2. The number of hydrogen-bond acceptors (Lipinski definition) is 4. The summed E-state index contributed by atoms with van der Waals surface area (Å²) < 4.78 is 28.5. The summed E-state index contributed by atoms with van der Waals surface area (Å²) in [5.74, 6) is 0. The van der Waals surface area contributed by atoms with Gasteiger partial charge in [-0.1, -0.05) is 47.5 Å². The fourth-order valence-electron chi connectivity index (χ4n) is 3.31. The Labute approximate surface area is 177 Å². The smallest absolute Gasteiger partial charge is 0.261 e. The van der Waals surface area contributed by atoms with Crippen LogP contribution in [0.1, 0.15) is 10.4 Å². The van der Waals surface area contributed by atoms with Crippen molar-refractivity contribution < 1.29 is 8.42 Å². The summed E-state index contributed by atoms with van der Waals surface area (Å²) in [5, 5.41) is 0.985. The van der Waals surface area contributed by atoms with Gasteiger partial charge in [-0.25, -0.2) is 8.42 Å². The standard InChI is InChI=1S/C21H17ClN2O3S2/c1-12-5-3-6-14(9-12)19-13(2)28-21-20(19)17(11-18(25)23-21)24-29(26,27)16-8-4-7-15(22)10-16/h3-11H,1-2H3,(H2,23,24,25). The molecule has 2 aromatic heterocycles. The van der Waals surface area contributed by atoms with Gasteiger partial charge in [0.25, 0.3) is 15.6 Å². The molecule has 29 heavy (non-hydrogen) atoms. The van der Waals surface area contributed by atoms with Gasteiger partial charge in [-0.05, 0) is 37.6 Å². The summed E-state index contributed by atoms with van der Waals surface area (Å²) in [6.45, 7) is 3.95. The van der Waals surface area contributed by atoms with Crippen molar-refractivity contribution in [3.63, 3.8) is 0 Å². The lowest BCUT2D eigenvalue weighted by molar-refractivity contribution is 0.601. The van der Waals surface area contributed by atoms with E-state index < -0.39 is 10.0 Å². The number of anilines is 1. The quantitative estimate of drug-likeness (QED) is 0.446. The first-order valence-corrected chi connectivity index (χ1v) is 11.4. The van der Waals surface area contributed by atoms with Crippen molar-refractivity contribution in [1.82, 2.24) is 4.98 Å². The van der Waals surface area contributed by atoms with Gasteiger partial charge in [0.1, 0.15) is 4.83 Å². The predicted molar refractivity (Wildman–Crippen MR) is 120 cm³/mol. The second-order valence-corrected chi connectivity index (χ2v) is 10.1. The molecule has 0 aliphatic rings. The Morgan fingerprint density at radius 1 is 1.03 bits per heavy atom. The predicted octanol–water partition coefficient (Wildman–Crippen LogP) is 5.33. The number of pyridine rings is 1. The minimum Gasteiger partial charge on any atom is -0.313 e. The van der Waals surface area contributed by atoms with E-state index in [1.807, 2.05) is 38.1 Å². The molecule has 5 nitrogen and oxygen atoms in total. The second-order valence-electron chi connectivity index (χ2n) is 6.72. The minimum atomic E-state index is -3.92. The number of aromatic nitrogens is 1. The van der Waals surface area contributed by atoms with E-state index in [1.165, 1.54) is 29.5 Å². The molecule has 2 N–H and O–H groups in total. The molecule has 0 atom stereocenters. The van der Waals surface area contributed by atoms with E-state index in [4.69, 9.17) is 11.6 Å². The van der Waals surface area contributed by atoms with Gasteiger partial charge < -0.3 is 4.98 Å². The van der Waals surface area contributed by atoms with Crippen molar-refractivity contribution in [3.05, 3.63) is 80.4 Å². The maximum Gasteiger partial charge on any atom is 0.261 e. The lowest BCUT2D eigenvalue weighted by Crippen LogP contribution is -2.15. The fourth-order valence-corrected chi connectivity index (χ4v) is 5.76. The second kappa shape index (κ2) is 7.33. The number of sulfonamides is 1. The van der Waals surface area contributed by atoms with Crippen LogP contribution in [0.15, 0.2) is 64.3 Å². The van der Waals surface area contributed by atoms with Gasteiger partial charge in [-0.15, -0.1) is 11.3 Å². The molecule has 0 amide bonds. The van der Waals surface area contributed by atoms with Gasteiger partial charge in [0, 0.05) is 26.9 Å². The Bertz CT molecular complexity index is 1410. The molecule has 0 aliphatic carbocycles. The number of aryl methyl sites for hydroxylation is 2. The van der Waals surface area contributed by atoms with Crippen LogP contribution in [0.2, 0.25) is 5.02 Å². The van der Waals surface area contributed by atoms with E-state index >= 15 is 0 Å². The highest BCUT2D eigenvalue weighted by molar-refractivity contribution is 7.92. The topological polar surface area (TPSA) is 79.0 Å². The Balaban J connectivity index is 1.94. The molecule has 4 rings (SSSR count). The van der Waals surface area contributed by atoms with Gasteiger partial charge in [0.2, 0.25) is 0 Å². The number of nitrogens with one attached hydrogen (secondary N) is 2. The van der Waals surface area contributed by atoms with Crippen molar-refractivity contribution in [2.75, 3.05) is 4.72 Å². The lowest BCUT2D eigenvalue weighted by atomic mass is 10.0. The summed E-state index contributed by atoms with van der Waals surface area (Å²) in [6.07, 6.45) is 0. The molecule has 2 heterocycles. The average molecular weight is 445 g/mol. The van der Waals surface area contributed by atoms with Crippen molar-refractivity contribution in [2.24, 2.45) is 0 Å². The molecule has 2 aromatic carbocycles. The molecule has 0 unspecified atom stereocenters. The van der Waals surface area contributed by atoms with Gasteiger partial charge in [0.15, 0.2) is 0 Å². The molecule has 0 saturated carbocycles.